The fourth-order valence-electron chi connectivity index (χ4n) is 3.91. The van der Waals surface area contributed by atoms with E-state index in [2.05, 4.69) is 10.6 Å². The topological polar surface area (TPSA) is 94.5 Å². The van der Waals surface area contributed by atoms with E-state index in [1.165, 1.54) is 0 Å². The average Bonchev–Trinajstić information content (AvgIpc) is 3.67. The molecule has 2 amide bonds. The fraction of sp³-hybridized carbons (Fsp3) is 0.179. The van der Waals surface area contributed by atoms with Crippen LogP contribution in [0.15, 0.2) is 79.0 Å². The number of nitrogens with one attached hydrogen (secondary N) is 2. The number of para-hydroxylation sites is 1. The Morgan fingerprint density at radius 1 is 0.861 bits per heavy atom. The zero-order chi connectivity index (χ0) is 25.1. The number of nitrogens with zero attached hydrogens (tertiary/aromatic N) is 2. The molecule has 36 heavy (non-hydrogen) atoms. The van der Waals surface area contributed by atoms with Crippen LogP contribution in [0.1, 0.15) is 23.2 Å². The third-order valence-corrected chi connectivity index (χ3v) is 5.97. The highest BCUT2D eigenvalue weighted by molar-refractivity contribution is 6.08. The minimum atomic E-state index is -0.326. The summed E-state index contributed by atoms with van der Waals surface area (Å²) >= 11 is 0. The summed E-state index contributed by atoms with van der Waals surface area (Å²) in [7, 11) is 3.13. The van der Waals surface area contributed by atoms with Crippen molar-refractivity contribution in [1.29, 1.82) is 0 Å². The first-order valence-corrected chi connectivity index (χ1v) is 11.7. The standard InChI is InChI=1S/C28H26N4O4/c1-35-24-14-13-19(15-25(24)36-2)26-23(17-32(31-26)22-9-4-3-5-10-22)28(34)30-21-8-6-7-20(16-21)29-27(33)18-11-12-18/h3-10,13-18H,11-12H2,1-2H3,(H,29,33)(H,30,34). The average molecular weight is 483 g/mol. The molecular formula is C28H26N4O4. The quantitative estimate of drug-likeness (QED) is 0.362. The Morgan fingerprint density at radius 2 is 1.58 bits per heavy atom. The van der Waals surface area contributed by atoms with E-state index < -0.39 is 0 Å². The number of ether oxygens (including phenoxy) is 2. The fourth-order valence-corrected chi connectivity index (χ4v) is 3.91. The lowest BCUT2D eigenvalue weighted by molar-refractivity contribution is -0.117. The minimum absolute atomic E-state index is 0.0124. The molecule has 0 unspecified atom stereocenters. The van der Waals surface area contributed by atoms with Crippen LogP contribution in [0.2, 0.25) is 0 Å². The number of aromatic nitrogens is 2. The lowest BCUT2D eigenvalue weighted by Crippen LogP contribution is -2.15. The van der Waals surface area contributed by atoms with Crippen molar-refractivity contribution in [3.63, 3.8) is 0 Å². The molecule has 1 aliphatic rings. The number of amides is 2. The highest BCUT2D eigenvalue weighted by Crippen LogP contribution is 2.34. The number of hydrogen-bond donors (Lipinski definition) is 2. The van der Waals surface area contributed by atoms with Gasteiger partial charge in [0.1, 0.15) is 5.69 Å². The molecule has 0 radical (unpaired) electrons. The van der Waals surface area contributed by atoms with Crippen LogP contribution in [-0.2, 0) is 4.79 Å². The van der Waals surface area contributed by atoms with Gasteiger partial charge in [0.25, 0.3) is 5.91 Å². The van der Waals surface area contributed by atoms with Crippen molar-refractivity contribution in [1.82, 2.24) is 9.78 Å². The van der Waals surface area contributed by atoms with E-state index in [0.29, 0.717) is 39.7 Å². The summed E-state index contributed by atoms with van der Waals surface area (Å²) in [4.78, 5) is 25.6. The largest absolute Gasteiger partial charge is 0.493 e. The molecular weight excluding hydrogens is 456 g/mol. The van der Waals surface area contributed by atoms with Gasteiger partial charge in [0, 0.05) is 29.1 Å². The van der Waals surface area contributed by atoms with Gasteiger partial charge in [-0.15, -0.1) is 0 Å². The summed E-state index contributed by atoms with van der Waals surface area (Å²) in [5.41, 5.74) is 3.62. The van der Waals surface area contributed by atoms with Gasteiger partial charge in [-0.1, -0.05) is 24.3 Å². The highest BCUT2D eigenvalue weighted by Gasteiger charge is 2.29. The second-order valence-corrected chi connectivity index (χ2v) is 8.54. The van der Waals surface area contributed by atoms with E-state index in [1.807, 2.05) is 36.4 Å². The van der Waals surface area contributed by atoms with Gasteiger partial charge in [-0.2, -0.15) is 5.10 Å². The summed E-state index contributed by atoms with van der Waals surface area (Å²) in [6.45, 7) is 0. The molecule has 0 saturated heterocycles. The third-order valence-electron chi connectivity index (χ3n) is 5.97. The van der Waals surface area contributed by atoms with Crippen LogP contribution in [0, 0.1) is 5.92 Å². The normalized spacial score (nSPS) is 12.6. The number of hydrogen-bond acceptors (Lipinski definition) is 5. The first-order chi connectivity index (χ1) is 17.6. The van der Waals surface area contributed by atoms with Crippen LogP contribution in [-0.4, -0.2) is 35.8 Å². The predicted octanol–water partition coefficient (Wildman–Crippen LogP) is 5.16. The number of rotatable bonds is 8. The van der Waals surface area contributed by atoms with E-state index in [0.717, 1.165) is 18.5 Å². The molecule has 182 valence electrons. The Kier molecular flexibility index (Phi) is 6.40. The minimum Gasteiger partial charge on any atom is -0.493 e. The summed E-state index contributed by atoms with van der Waals surface area (Å²) in [5.74, 6) is 0.900. The Bertz CT molecular complexity index is 1410. The Morgan fingerprint density at radius 3 is 2.28 bits per heavy atom. The van der Waals surface area contributed by atoms with Crippen molar-refractivity contribution in [3.8, 4) is 28.4 Å². The summed E-state index contributed by atoms with van der Waals surface area (Å²) in [5, 5.41) is 10.6. The van der Waals surface area contributed by atoms with Gasteiger partial charge in [-0.3, -0.25) is 9.59 Å². The molecule has 3 aromatic carbocycles. The lowest BCUT2D eigenvalue weighted by Gasteiger charge is -2.10. The molecule has 5 rings (SSSR count). The molecule has 1 fully saturated rings. The maximum atomic E-state index is 13.5. The Balaban J connectivity index is 1.48. The van der Waals surface area contributed by atoms with Crippen LogP contribution >= 0.6 is 0 Å². The molecule has 0 atom stereocenters. The van der Waals surface area contributed by atoms with Crippen LogP contribution in [0.25, 0.3) is 16.9 Å². The SMILES string of the molecule is COc1ccc(-c2nn(-c3ccccc3)cc2C(=O)Nc2cccc(NC(=O)C3CC3)c2)cc1OC. The number of carbonyl (C=O) groups is 2. The van der Waals surface area contributed by atoms with Crippen molar-refractivity contribution in [2.24, 2.45) is 5.92 Å². The van der Waals surface area contributed by atoms with Crippen LogP contribution in [0.4, 0.5) is 11.4 Å². The monoisotopic (exact) mass is 482 g/mol. The number of methoxy groups -OCH3 is 2. The number of anilines is 2. The molecule has 1 heterocycles. The predicted molar refractivity (Wildman–Crippen MR) is 138 cm³/mol. The number of carbonyl (C=O) groups excluding carboxylic acids is 2. The maximum Gasteiger partial charge on any atom is 0.259 e. The summed E-state index contributed by atoms with van der Waals surface area (Å²) < 4.78 is 12.5. The van der Waals surface area contributed by atoms with E-state index in [1.54, 1.807) is 61.5 Å². The molecule has 4 aromatic rings. The molecule has 2 N–H and O–H groups in total. The molecule has 1 aliphatic carbocycles. The van der Waals surface area contributed by atoms with Gasteiger partial charge in [0.15, 0.2) is 11.5 Å². The van der Waals surface area contributed by atoms with Gasteiger partial charge in [0.2, 0.25) is 5.91 Å². The molecule has 0 bridgehead atoms. The zero-order valence-electron chi connectivity index (χ0n) is 20.0. The Hall–Kier alpha value is -4.59. The molecule has 8 heteroatoms. The second kappa shape index (κ2) is 9.95. The van der Waals surface area contributed by atoms with Crippen molar-refractivity contribution in [3.05, 3.63) is 84.6 Å². The zero-order valence-corrected chi connectivity index (χ0v) is 20.0. The van der Waals surface area contributed by atoms with E-state index in [-0.39, 0.29) is 17.7 Å². The van der Waals surface area contributed by atoms with Crippen molar-refractivity contribution in [2.45, 2.75) is 12.8 Å². The number of benzene rings is 3. The molecule has 8 nitrogen and oxygen atoms in total. The molecule has 0 aliphatic heterocycles. The maximum absolute atomic E-state index is 13.5. The third kappa shape index (κ3) is 4.93. The second-order valence-electron chi connectivity index (χ2n) is 8.54. The molecule has 1 aromatic heterocycles. The first-order valence-electron chi connectivity index (χ1n) is 11.7. The summed E-state index contributed by atoms with van der Waals surface area (Å²) in [6, 6.07) is 22.1. The first kappa shape index (κ1) is 23.2. The van der Waals surface area contributed by atoms with Crippen molar-refractivity contribution >= 4 is 23.2 Å². The van der Waals surface area contributed by atoms with Crippen LogP contribution in [0.5, 0.6) is 11.5 Å². The van der Waals surface area contributed by atoms with Crippen molar-refractivity contribution in [2.75, 3.05) is 24.9 Å². The van der Waals surface area contributed by atoms with E-state index in [4.69, 9.17) is 14.6 Å². The molecule has 0 spiro atoms. The van der Waals surface area contributed by atoms with Crippen LogP contribution < -0.4 is 20.1 Å². The van der Waals surface area contributed by atoms with E-state index >= 15 is 0 Å². The van der Waals surface area contributed by atoms with Gasteiger partial charge in [-0.25, -0.2) is 4.68 Å². The highest BCUT2D eigenvalue weighted by atomic mass is 16.5. The van der Waals surface area contributed by atoms with Gasteiger partial charge in [-0.05, 0) is 61.4 Å². The van der Waals surface area contributed by atoms with Crippen LogP contribution in [0.3, 0.4) is 0 Å². The smallest absolute Gasteiger partial charge is 0.259 e. The van der Waals surface area contributed by atoms with E-state index in [9.17, 15) is 9.59 Å². The van der Waals surface area contributed by atoms with Gasteiger partial charge >= 0.3 is 0 Å². The van der Waals surface area contributed by atoms with Gasteiger partial charge in [0.05, 0.1) is 25.5 Å². The van der Waals surface area contributed by atoms with Crippen molar-refractivity contribution < 1.29 is 19.1 Å². The Labute approximate surface area is 208 Å². The molecule has 1 saturated carbocycles. The lowest BCUT2D eigenvalue weighted by atomic mass is 10.1. The van der Waals surface area contributed by atoms with Gasteiger partial charge < -0.3 is 20.1 Å². The summed E-state index contributed by atoms with van der Waals surface area (Å²) in [6.07, 6.45) is 3.55.